The molecule has 1 aromatic heterocycles. The van der Waals surface area contributed by atoms with Gasteiger partial charge in [0.1, 0.15) is 5.58 Å². The predicted octanol–water partition coefficient (Wildman–Crippen LogP) is 0.704. The summed E-state index contributed by atoms with van der Waals surface area (Å²) in [5, 5.41) is 21.8. The Morgan fingerprint density at radius 1 is 1.40 bits per heavy atom. The summed E-state index contributed by atoms with van der Waals surface area (Å²) in [6.45, 7) is 0.232. The minimum atomic E-state index is -0.836. The van der Waals surface area contributed by atoms with Crippen molar-refractivity contribution >= 4 is 16.7 Å². The van der Waals surface area contributed by atoms with E-state index in [4.69, 9.17) is 14.3 Å². The summed E-state index contributed by atoms with van der Waals surface area (Å²) in [6, 6.07) is 6.72. The van der Waals surface area contributed by atoms with Crippen LogP contribution >= 0.6 is 0 Å². The first-order chi connectivity index (χ1) is 9.63. The number of benzene rings is 1. The molecule has 0 amide bonds. The van der Waals surface area contributed by atoms with Gasteiger partial charge in [0, 0.05) is 36.9 Å². The normalized spacial score (nSPS) is 12.6. The number of anilines is 1. The van der Waals surface area contributed by atoms with Gasteiger partial charge in [0.05, 0.1) is 19.3 Å². The largest absolute Gasteiger partial charge is 0.423 e. The van der Waals surface area contributed by atoms with Crippen LogP contribution in [0.1, 0.15) is 5.56 Å². The average Bonchev–Trinajstić information content (AvgIpc) is 2.44. The van der Waals surface area contributed by atoms with Crippen molar-refractivity contribution in [1.82, 2.24) is 0 Å². The molecule has 0 fully saturated rings. The van der Waals surface area contributed by atoms with E-state index < -0.39 is 11.7 Å². The number of hydrogen-bond donors (Lipinski definition) is 3. The van der Waals surface area contributed by atoms with Crippen LogP contribution in [-0.2, 0) is 11.3 Å². The lowest BCUT2D eigenvalue weighted by Gasteiger charge is -2.11. The molecule has 0 aliphatic carbocycles. The second-order valence-corrected chi connectivity index (χ2v) is 4.45. The van der Waals surface area contributed by atoms with Crippen molar-refractivity contribution in [3.05, 3.63) is 40.2 Å². The second-order valence-electron chi connectivity index (χ2n) is 4.45. The maximum Gasteiger partial charge on any atom is 0.336 e. The van der Waals surface area contributed by atoms with Crippen LogP contribution < -0.4 is 10.9 Å². The summed E-state index contributed by atoms with van der Waals surface area (Å²) in [5.41, 5.74) is 1.48. The fourth-order valence-corrected chi connectivity index (χ4v) is 1.92. The molecule has 1 unspecified atom stereocenters. The van der Waals surface area contributed by atoms with Crippen molar-refractivity contribution in [3.8, 4) is 0 Å². The van der Waals surface area contributed by atoms with Gasteiger partial charge in [0.2, 0.25) is 0 Å². The van der Waals surface area contributed by atoms with E-state index in [9.17, 15) is 9.90 Å². The summed E-state index contributed by atoms with van der Waals surface area (Å²) in [4.78, 5) is 11.5. The molecule has 0 aliphatic rings. The predicted molar refractivity (Wildman–Crippen MR) is 74.8 cm³/mol. The van der Waals surface area contributed by atoms with Crippen LogP contribution in [0.4, 0.5) is 5.69 Å². The smallest absolute Gasteiger partial charge is 0.336 e. The third-order valence-corrected chi connectivity index (χ3v) is 2.88. The third-order valence-electron chi connectivity index (χ3n) is 2.88. The molecule has 20 heavy (non-hydrogen) atoms. The van der Waals surface area contributed by atoms with E-state index in [1.54, 1.807) is 13.2 Å². The Kier molecular flexibility index (Phi) is 4.73. The Morgan fingerprint density at radius 2 is 2.20 bits per heavy atom. The zero-order valence-electron chi connectivity index (χ0n) is 11.1. The van der Waals surface area contributed by atoms with Crippen molar-refractivity contribution in [2.75, 3.05) is 25.6 Å². The molecule has 0 saturated heterocycles. The molecule has 1 heterocycles. The van der Waals surface area contributed by atoms with Gasteiger partial charge in [-0.05, 0) is 17.7 Å². The SMILES string of the molecule is COCc1cc(=O)oc2cc(NCC(O)CO)ccc12. The fraction of sp³-hybridized carbons (Fsp3) is 0.357. The van der Waals surface area contributed by atoms with Crippen LogP contribution in [0.15, 0.2) is 33.5 Å². The molecule has 2 rings (SSSR count). The maximum absolute atomic E-state index is 11.5. The first-order valence-corrected chi connectivity index (χ1v) is 6.22. The molecular weight excluding hydrogens is 262 g/mol. The summed E-state index contributed by atoms with van der Waals surface area (Å²) in [5.74, 6) is 0. The molecule has 0 aliphatic heterocycles. The molecule has 6 nitrogen and oxygen atoms in total. The lowest BCUT2D eigenvalue weighted by molar-refractivity contribution is 0.105. The molecule has 108 valence electrons. The summed E-state index contributed by atoms with van der Waals surface area (Å²) < 4.78 is 10.2. The molecule has 6 heteroatoms. The topological polar surface area (TPSA) is 91.9 Å². The quantitative estimate of drug-likeness (QED) is 0.674. The number of aliphatic hydroxyl groups excluding tert-OH is 2. The molecule has 1 atom stereocenters. The van der Waals surface area contributed by atoms with E-state index in [0.717, 1.165) is 10.9 Å². The van der Waals surface area contributed by atoms with Crippen LogP contribution in [0.2, 0.25) is 0 Å². The highest BCUT2D eigenvalue weighted by Gasteiger charge is 2.07. The van der Waals surface area contributed by atoms with Crippen molar-refractivity contribution in [3.63, 3.8) is 0 Å². The molecular formula is C14H17NO5. The number of ether oxygens (including phenoxy) is 1. The van der Waals surface area contributed by atoms with E-state index in [0.29, 0.717) is 17.9 Å². The van der Waals surface area contributed by atoms with E-state index in [1.165, 1.54) is 6.07 Å². The summed E-state index contributed by atoms with van der Waals surface area (Å²) in [6.07, 6.45) is -0.836. The molecule has 1 aromatic carbocycles. The molecule has 0 spiro atoms. The van der Waals surface area contributed by atoms with Gasteiger partial charge in [-0.25, -0.2) is 4.79 Å². The van der Waals surface area contributed by atoms with E-state index in [-0.39, 0.29) is 13.2 Å². The zero-order valence-corrected chi connectivity index (χ0v) is 11.1. The average molecular weight is 279 g/mol. The van der Waals surface area contributed by atoms with Crippen molar-refractivity contribution in [2.45, 2.75) is 12.7 Å². The number of rotatable bonds is 6. The second kappa shape index (κ2) is 6.51. The van der Waals surface area contributed by atoms with Crippen LogP contribution in [0.25, 0.3) is 11.0 Å². The first kappa shape index (κ1) is 14.5. The number of hydrogen-bond acceptors (Lipinski definition) is 6. The van der Waals surface area contributed by atoms with Crippen molar-refractivity contribution in [1.29, 1.82) is 0 Å². The number of methoxy groups -OCH3 is 1. The van der Waals surface area contributed by atoms with Gasteiger partial charge in [-0.1, -0.05) is 0 Å². The van der Waals surface area contributed by atoms with E-state index >= 15 is 0 Å². The molecule has 0 bridgehead atoms. The van der Waals surface area contributed by atoms with Gasteiger partial charge < -0.3 is 24.7 Å². The third kappa shape index (κ3) is 3.36. The number of aliphatic hydroxyl groups is 2. The van der Waals surface area contributed by atoms with Gasteiger partial charge in [-0.3, -0.25) is 0 Å². The Bertz CT molecular complexity index is 637. The molecule has 2 aromatic rings. The highest BCUT2D eigenvalue weighted by Crippen LogP contribution is 2.21. The standard InChI is InChI=1S/C14H17NO5/c1-19-8-9-4-14(18)20-13-5-10(2-3-12(9)13)15-6-11(17)7-16/h2-5,11,15-17H,6-8H2,1H3. The number of fused-ring (bicyclic) bond motifs is 1. The highest BCUT2D eigenvalue weighted by atomic mass is 16.5. The fourth-order valence-electron chi connectivity index (χ4n) is 1.92. The van der Waals surface area contributed by atoms with Gasteiger partial charge in [-0.15, -0.1) is 0 Å². The minimum Gasteiger partial charge on any atom is -0.423 e. The Hall–Kier alpha value is -1.89. The van der Waals surface area contributed by atoms with E-state index in [2.05, 4.69) is 5.32 Å². The highest BCUT2D eigenvalue weighted by molar-refractivity contribution is 5.83. The van der Waals surface area contributed by atoms with Crippen LogP contribution in [0.3, 0.4) is 0 Å². The summed E-state index contributed by atoms with van der Waals surface area (Å²) >= 11 is 0. The lowest BCUT2D eigenvalue weighted by Crippen LogP contribution is -2.22. The minimum absolute atomic E-state index is 0.212. The van der Waals surface area contributed by atoms with Gasteiger partial charge in [0.25, 0.3) is 0 Å². The molecule has 3 N–H and O–H groups in total. The Labute approximate surface area is 115 Å². The van der Waals surface area contributed by atoms with Gasteiger partial charge in [0.15, 0.2) is 0 Å². The maximum atomic E-state index is 11.5. The van der Waals surface area contributed by atoms with Crippen LogP contribution in [-0.4, -0.2) is 36.6 Å². The van der Waals surface area contributed by atoms with Gasteiger partial charge in [-0.2, -0.15) is 0 Å². The Morgan fingerprint density at radius 3 is 2.90 bits per heavy atom. The summed E-state index contributed by atoms with van der Waals surface area (Å²) in [7, 11) is 1.56. The molecule has 0 saturated carbocycles. The van der Waals surface area contributed by atoms with Gasteiger partial charge >= 0.3 is 5.63 Å². The molecule has 0 radical (unpaired) electrons. The lowest BCUT2D eigenvalue weighted by atomic mass is 10.1. The van der Waals surface area contributed by atoms with E-state index in [1.807, 2.05) is 12.1 Å². The van der Waals surface area contributed by atoms with Crippen molar-refractivity contribution < 1.29 is 19.4 Å². The van der Waals surface area contributed by atoms with Crippen molar-refractivity contribution in [2.24, 2.45) is 0 Å². The van der Waals surface area contributed by atoms with Crippen LogP contribution in [0, 0.1) is 0 Å². The first-order valence-electron chi connectivity index (χ1n) is 6.22. The monoisotopic (exact) mass is 279 g/mol. The zero-order chi connectivity index (χ0) is 14.5. The Balaban J connectivity index is 2.31. The number of nitrogens with one attached hydrogen (secondary N) is 1. The van der Waals surface area contributed by atoms with Crippen LogP contribution in [0.5, 0.6) is 0 Å².